The van der Waals surface area contributed by atoms with Crippen LogP contribution in [0.5, 0.6) is 0 Å². The summed E-state index contributed by atoms with van der Waals surface area (Å²) in [6.45, 7) is 7.21. The quantitative estimate of drug-likeness (QED) is 0.817. The monoisotopic (exact) mass is 293 g/mol. The molecule has 0 saturated carbocycles. The van der Waals surface area contributed by atoms with Gasteiger partial charge in [0.15, 0.2) is 5.65 Å². The fraction of sp³-hybridized carbons (Fsp3) is 0.600. The van der Waals surface area contributed by atoms with Crippen molar-refractivity contribution in [3.63, 3.8) is 0 Å². The summed E-state index contributed by atoms with van der Waals surface area (Å²) >= 11 is 5.96. The van der Waals surface area contributed by atoms with Crippen LogP contribution in [0.3, 0.4) is 0 Å². The summed E-state index contributed by atoms with van der Waals surface area (Å²) in [5.74, 6) is 1.57. The lowest BCUT2D eigenvalue weighted by atomic mass is 9.94. The summed E-state index contributed by atoms with van der Waals surface area (Å²) in [5, 5.41) is 0. The van der Waals surface area contributed by atoms with Crippen LogP contribution in [0.15, 0.2) is 12.3 Å². The van der Waals surface area contributed by atoms with Crippen molar-refractivity contribution < 1.29 is 4.74 Å². The molecule has 3 rings (SSSR count). The van der Waals surface area contributed by atoms with E-state index in [9.17, 15) is 0 Å². The molecule has 20 heavy (non-hydrogen) atoms. The highest BCUT2D eigenvalue weighted by Crippen LogP contribution is 2.37. The number of ether oxygens (including phenoxy) is 1. The number of rotatable bonds is 3. The molecule has 2 atom stereocenters. The predicted octanol–water partition coefficient (Wildman–Crippen LogP) is 3.05. The van der Waals surface area contributed by atoms with E-state index in [1.54, 1.807) is 0 Å². The second-order valence-corrected chi connectivity index (χ2v) is 6.10. The fourth-order valence-electron chi connectivity index (χ4n) is 3.05. The lowest BCUT2D eigenvalue weighted by molar-refractivity contribution is 0.0762. The van der Waals surface area contributed by atoms with E-state index in [2.05, 4.69) is 30.3 Å². The van der Waals surface area contributed by atoms with E-state index < -0.39 is 0 Å². The molecule has 0 radical (unpaired) electrons. The summed E-state index contributed by atoms with van der Waals surface area (Å²) in [4.78, 5) is 9.36. The molecule has 2 unspecified atom stereocenters. The molecule has 0 aromatic carbocycles. The van der Waals surface area contributed by atoms with E-state index in [4.69, 9.17) is 21.3 Å². The van der Waals surface area contributed by atoms with Crippen LogP contribution in [0.2, 0.25) is 0 Å². The van der Waals surface area contributed by atoms with Gasteiger partial charge in [-0.1, -0.05) is 0 Å². The third-order valence-corrected chi connectivity index (χ3v) is 4.69. The van der Waals surface area contributed by atoms with Crippen molar-refractivity contribution in [3.05, 3.63) is 23.7 Å². The van der Waals surface area contributed by atoms with Crippen LogP contribution in [-0.4, -0.2) is 33.1 Å². The van der Waals surface area contributed by atoms with Crippen LogP contribution in [0.4, 0.5) is 0 Å². The highest BCUT2D eigenvalue weighted by molar-refractivity contribution is 6.17. The molecule has 5 heteroatoms. The van der Waals surface area contributed by atoms with Crippen LogP contribution in [-0.2, 0) is 16.7 Å². The first kappa shape index (κ1) is 13.8. The molecule has 0 bridgehead atoms. The smallest absolute Gasteiger partial charge is 0.160 e. The maximum Gasteiger partial charge on any atom is 0.160 e. The highest BCUT2D eigenvalue weighted by Gasteiger charge is 2.41. The number of alkyl halides is 1. The number of aromatic nitrogens is 3. The molecule has 1 saturated heterocycles. The zero-order valence-electron chi connectivity index (χ0n) is 12.2. The Hall–Kier alpha value is -1.13. The van der Waals surface area contributed by atoms with Gasteiger partial charge in [0.1, 0.15) is 11.3 Å². The van der Waals surface area contributed by atoms with Crippen LogP contribution in [0.25, 0.3) is 11.2 Å². The number of nitrogens with zero attached hydrogens (tertiary/aromatic N) is 3. The summed E-state index contributed by atoms with van der Waals surface area (Å²) in [7, 11) is 0. The molecule has 4 nitrogen and oxygen atoms in total. The zero-order chi connectivity index (χ0) is 14.3. The Morgan fingerprint density at radius 1 is 1.55 bits per heavy atom. The normalized spacial score (nSPS) is 26.5. The molecular weight excluding hydrogens is 274 g/mol. The molecule has 108 valence electrons. The van der Waals surface area contributed by atoms with Crippen molar-refractivity contribution in [2.24, 2.45) is 0 Å². The molecular formula is C15H20ClN3O. The van der Waals surface area contributed by atoms with E-state index >= 15 is 0 Å². The van der Waals surface area contributed by atoms with Crippen molar-refractivity contribution >= 4 is 22.8 Å². The topological polar surface area (TPSA) is 39.9 Å². The predicted molar refractivity (Wildman–Crippen MR) is 80.4 cm³/mol. The number of pyridine rings is 1. The van der Waals surface area contributed by atoms with Gasteiger partial charge in [0, 0.05) is 25.1 Å². The number of hydrogen-bond donors (Lipinski definition) is 0. The highest BCUT2D eigenvalue weighted by atomic mass is 35.5. The third-order valence-electron chi connectivity index (χ3n) is 4.50. The van der Waals surface area contributed by atoms with E-state index in [0.717, 1.165) is 42.0 Å². The van der Waals surface area contributed by atoms with Gasteiger partial charge in [0.05, 0.1) is 11.6 Å². The lowest BCUT2D eigenvalue weighted by Gasteiger charge is -2.31. The Labute approximate surface area is 124 Å². The average molecular weight is 294 g/mol. The fourth-order valence-corrected chi connectivity index (χ4v) is 3.22. The van der Waals surface area contributed by atoms with Crippen LogP contribution >= 0.6 is 11.6 Å². The number of hydrogen-bond acceptors (Lipinski definition) is 3. The lowest BCUT2D eigenvalue weighted by Crippen LogP contribution is -2.38. The molecule has 0 N–H and O–H groups in total. The minimum Gasteiger partial charge on any atom is -0.376 e. The summed E-state index contributed by atoms with van der Waals surface area (Å²) < 4.78 is 8.05. The molecule has 2 aromatic heterocycles. The largest absolute Gasteiger partial charge is 0.376 e. The minimum absolute atomic E-state index is 0.100. The van der Waals surface area contributed by atoms with Gasteiger partial charge in [-0.05, 0) is 38.8 Å². The Morgan fingerprint density at radius 3 is 3.00 bits per heavy atom. The van der Waals surface area contributed by atoms with Crippen molar-refractivity contribution in [2.45, 2.75) is 45.3 Å². The Morgan fingerprint density at radius 2 is 2.35 bits per heavy atom. The SMILES string of the molecule is Cc1ccnc2c1nc(CCCl)n2C1(C)CCOC1C. The number of imidazole rings is 1. The second kappa shape index (κ2) is 5.01. The molecule has 0 amide bonds. The number of halogens is 1. The van der Waals surface area contributed by atoms with E-state index in [-0.39, 0.29) is 11.6 Å². The third kappa shape index (κ3) is 1.93. The van der Waals surface area contributed by atoms with Crippen molar-refractivity contribution in [1.82, 2.24) is 14.5 Å². The van der Waals surface area contributed by atoms with Gasteiger partial charge in [0.2, 0.25) is 0 Å². The van der Waals surface area contributed by atoms with Crippen LogP contribution in [0.1, 0.15) is 31.7 Å². The van der Waals surface area contributed by atoms with Gasteiger partial charge in [0.25, 0.3) is 0 Å². The minimum atomic E-state index is -0.100. The van der Waals surface area contributed by atoms with Gasteiger partial charge in [-0.15, -0.1) is 11.6 Å². The first-order valence-corrected chi connectivity index (χ1v) is 7.62. The van der Waals surface area contributed by atoms with Crippen LogP contribution < -0.4 is 0 Å². The Kier molecular flexibility index (Phi) is 3.46. The average Bonchev–Trinajstić information content (AvgIpc) is 2.93. The maximum atomic E-state index is 5.96. The first-order chi connectivity index (χ1) is 9.58. The molecule has 1 fully saturated rings. The van der Waals surface area contributed by atoms with E-state index in [1.807, 2.05) is 12.3 Å². The molecule has 1 aliphatic heterocycles. The van der Waals surface area contributed by atoms with E-state index in [1.165, 1.54) is 0 Å². The van der Waals surface area contributed by atoms with Crippen molar-refractivity contribution in [1.29, 1.82) is 0 Å². The summed E-state index contributed by atoms with van der Waals surface area (Å²) in [6.07, 6.45) is 3.73. The van der Waals surface area contributed by atoms with Gasteiger partial charge < -0.3 is 9.30 Å². The standard InChI is InChI=1S/C15H20ClN3O/c1-10-5-8-17-14-13(10)18-12(4-7-16)19(14)15(3)6-9-20-11(15)2/h5,8,11H,4,6-7,9H2,1-3H3. The van der Waals surface area contributed by atoms with Crippen molar-refractivity contribution in [2.75, 3.05) is 12.5 Å². The number of fused-ring (bicyclic) bond motifs is 1. The Bertz CT molecular complexity index is 639. The summed E-state index contributed by atoms with van der Waals surface area (Å²) in [6, 6.07) is 2.00. The zero-order valence-corrected chi connectivity index (χ0v) is 12.9. The van der Waals surface area contributed by atoms with Gasteiger partial charge in [-0.25, -0.2) is 9.97 Å². The molecule has 1 aliphatic rings. The van der Waals surface area contributed by atoms with Gasteiger partial charge >= 0.3 is 0 Å². The molecule has 0 spiro atoms. The number of aryl methyl sites for hydroxylation is 2. The molecule has 3 heterocycles. The Balaban J connectivity index is 2.27. The first-order valence-electron chi connectivity index (χ1n) is 7.09. The van der Waals surface area contributed by atoms with Gasteiger partial charge in [-0.2, -0.15) is 0 Å². The second-order valence-electron chi connectivity index (χ2n) is 5.72. The molecule has 2 aromatic rings. The molecule has 0 aliphatic carbocycles. The summed E-state index contributed by atoms with van der Waals surface area (Å²) in [5.41, 5.74) is 2.98. The van der Waals surface area contributed by atoms with Gasteiger partial charge in [-0.3, -0.25) is 0 Å². The van der Waals surface area contributed by atoms with E-state index in [0.29, 0.717) is 5.88 Å². The van der Waals surface area contributed by atoms with Crippen molar-refractivity contribution in [3.8, 4) is 0 Å². The maximum absolute atomic E-state index is 5.96. The van der Waals surface area contributed by atoms with Crippen LogP contribution in [0, 0.1) is 6.92 Å².